The highest BCUT2D eigenvalue weighted by Crippen LogP contribution is 2.26. The van der Waals surface area contributed by atoms with Gasteiger partial charge >= 0.3 is 0 Å². The lowest BCUT2D eigenvalue weighted by Crippen LogP contribution is -2.31. The quantitative estimate of drug-likeness (QED) is 0.738. The molecule has 9 heteroatoms. The van der Waals surface area contributed by atoms with Crippen molar-refractivity contribution in [3.05, 3.63) is 51.8 Å². The highest BCUT2D eigenvalue weighted by molar-refractivity contribution is 9.10. The van der Waals surface area contributed by atoms with Crippen molar-refractivity contribution in [3.63, 3.8) is 0 Å². The molecule has 0 bridgehead atoms. The van der Waals surface area contributed by atoms with Crippen LogP contribution in [0.2, 0.25) is 5.02 Å². The van der Waals surface area contributed by atoms with Gasteiger partial charge in [0.2, 0.25) is 15.9 Å². The Hall–Kier alpha value is -1.22. The number of halogens is 3. The van der Waals surface area contributed by atoms with E-state index in [4.69, 9.17) is 16.3 Å². The van der Waals surface area contributed by atoms with Gasteiger partial charge in [-0.15, -0.1) is 0 Å². The Morgan fingerprint density at radius 1 is 1.33 bits per heavy atom. The van der Waals surface area contributed by atoms with Gasteiger partial charge in [-0.3, -0.25) is 0 Å². The maximum absolute atomic E-state index is 13.2. The topological polar surface area (TPSA) is 59.5 Å². The van der Waals surface area contributed by atoms with E-state index in [1.165, 1.54) is 10.4 Å². The van der Waals surface area contributed by atoms with E-state index in [2.05, 4.69) is 20.9 Å². The normalized spacial score (nSPS) is 18.7. The predicted octanol–water partition coefficient (Wildman–Crippen LogP) is 3.48. The first-order chi connectivity index (χ1) is 11.4. The fraction of sp³-hybridized carbons (Fsp3) is 0.267. The van der Waals surface area contributed by atoms with E-state index >= 15 is 0 Å². The summed E-state index contributed by atoms with van der Waals surface area (Å²) in [5.41, 5.74) is 0. The largest absolute Gasteiger partial charge is 0.473 e. The maximum atomic E-state index is 13.2. The van der Waals surface area contributed by atoms with Crippen LogP contribution in [0.4, 0.5) is 4.39 Å². The summed E-state index contributed by atoms with van der Waals surface area (Å²) < 4.78 is 46.3. The molecule has 2 heterocycles. The van der Waals surface area contributed by atoms with E-state index in [1.54, 1.807) is 18.3 Å². The van der Waals surface area contributed by atoms with Crippen molar-refractivity contribution < 1.29 is 17.5 Å². The van der Waals surface area contributed by atoms with Crippen LogP contribution in [0.3, 0.4) is 0 Å². The van der Waals surface area contributed by atoms with Crippen molar-refractivity contribution in [2.75, 3.05) is 13.1 Å². The van der Waals surface area contributed by atoms with Gasteiger partial charge in [0.15, 0.2) is 0 Å². The van der Waals surface area contributed by atoms with Crippen LogP contribution in [0.15, 0.2) is 45.9 Å². The first kappa shape index (κ1) is 17.6. The molecule has 5 nitrogen and oxygen atoms in total. The van der Waals surface area contributed by atoms with Crippen LogP contribution < -0.4 is 4.74 Å². The van der Waals surface area contributed by atoms with Crippen molar-refractivity contribution in [3.8, 4) is 5.88 Å². The Balaban J connectivity index is 1.72. The molecule has 3 rings (SSSR count). The molecular formula is C15H13BrClFN2O3S. The Bertz CT molecular complexity index is 848. The minimum absolute atomic E-state index is 0.0312. The average molecular weight is 436 g/mol. The molecule has 1 aromatic heterocycles. The van der Waals surface area contributed by atoms with E-state index in [0.29, 0.717) is 18.8 Å². The molecular weight excluding hydrogens is 423 g/mol. The fourth-order valence-electron chi connectivity index (χ4n) is 2.40. The Morgan fingerprint density at radius 2 is 2.12 bits per heavy atom. The summed E-state index contributed by atoms with van der Waals surface area (Å²) in [5.74, 6) is -0.216. The molecule has 1 unspecified atom stereocenters. The van der Waals surface area contributed by atoms with Gasteiger partial charge in [0, 0.05) is 23.3 Å². The van der Waals surface area contributed by atoms with E-state index in [9.17, 15) is 12.8 Å². The molecule has 0 amide bonds. The Kier molecular flexibility index (Phi) is 5.10. The van der Waals surface area contributed by atoms with E-state index in [-0.39, 0.29) is 22.6 Å². The molecule has 1 aliphatic heterocycles. The third kappa shape index (κ3) is 3.72. The number of nitrogens with zero attached hydrogens (tertiary/aromatic N) is 2. The lowest BCUT2D eigenvalue weighted by molar-refractivity contribution is 0.207. The van der Waals surface area contributed by atoms with Gasteiger partial charge in [-0.25, -0.2) is 17.8 Å². The Labute approximate surface area is 152 Å². The van der Waals surface area contributed by atoms with Gasteiger partial charge in [0.1, 0.15) is 11.9 Å². The molecule has 0 spiro atoms. The van der Waals surface area contributed by atoms with Gasteiger partial charge in [-0.2, -0.15) is 4.31 Å². The lowest BCUT2D eigenvalue weighted by Gasteiger charge is -2.17. The molecule has 0 radical (unpaired) electrons. The summed E-state index contributed by atoms with van der Waals surface area (Å²) in [6.07, 6.45) is 1.87. The monoisotopic (exact) mass is 434 g/mol. The van der Waals surface area contributed by atoms with Gasteiger partial charge in [0.05, 0.1) is 16.5 Å². The van der Waals surface area contributed by atoms with Crippen LogP contribution >= 0.6 is 27.5 Å². The summed E-state index contributed by atoms with van der Waals surface area (Å²) in [6.45, 7) is 0.521. The number of hydrogen-bond acceptors (Lipinski definition) is 4. The number of benzene rings is 1. The highest BCUT2D eigenvalue weighted by Gasteiger charge is 2.34. The number of rotatable bonds is 4. The molecule has 1 fully saturated rings. The zero-order valence-electron chi connectivity index (χ0n) is 12.3. The minimum Gasteiger partial charge on any atom is -0.473 e. The van der Waals surface area contributed by atoms with Crippen LogP contribution in [0.25, 0.3) is 0 Å². The van der Waals surface area contributed by atoms with Gasteiger partial charge in [-0.05, 0) is 46.6 Å². The predicted molar refractivity (Wildman–Crippen MR) is 91.1 cm³/mol. The molecule has 1 aromatic carbocycles. The number of sulfonamides is 1. The van der Waals surface area contributed by atoms with Crippen molar-refractivity contribution >= 4 is 37.6 Å². The summed E-state index contributed by atoms with van der Waals surface area (Å²) in [6, 6.07) is 6.88. The second-order valence-corrected chi connectivity index (χ2v) is 8.54. The molecule has 128 valence electrons. The van der Waals surface area contributed by atoms with Crippen LogP contribution in [0.5, 0.6) is 5.88 Å². The third-order valence-corrected chi connectivity index (χ3v) is 6.24. The smallest absolute Gasteiger partial charge is 0.243 e. The third-order valence-electron chi connectivity index (χ3n) is 3.62. The lowest BCUT2D eigenvalue weighted by atomic mass is 10.3. The van der Waals surface area contributed by atoms with Crippen LogP contribution in [-0.2, 0) is 10.0 Å². The highest BCUT2D eigenvalue weighted by atomic mass is 79.9. The average Bonchev–Trinajstić information content (AvgIpc) is 3.01. The molecule has 24 heavy (non-hydrogen) atoms. The first-order valence-electron chi connectivity index (χ1n) is 7.09. The van der Waals surface area contributed by atoms with E-state index in [0.717, 1.165) is 16.6 Å². The standard InChI is InChI=1S/C15H13BrClFN2O3S/c16-10-1-4-15(19-8-10)23-11-5-6-20(9-11)24(21,22)12-2-3-14(18)13(17)7-12/h1-4,7-8,11H,5-6,9H2. The molecule has 2 aromatic rings. The molecule has 1 saturated heterocycles. The second kappa shape index (κ2) is 6.95. The van der Waals surface area contributed by atoms with Gasteiger partial charge in [-0.1, -0.05) is 11.6 Å². The summed E-state index contributed by atoms with van der Waals surface area (Å²) >= 11 is 8.97. The van der Waals surface area contributed by atoms with Crippen molar-refractivity contribution in [1.29, 1.82) is 0 Å². The van der Waals surface area contributed by atoms with Crippen LogP contribution in [-0.4, -0.2) is 36.9 Å². The molecule has 1 aliphatic rings. The van der Waals surface area contributed by atoms with E-state index < -0.39 is 15.8 Å². The molecule has 1 atom stereocenters. The summed E-state index contributed by atoms with van der Waals surface area (Å²) in [5, 5.41) is -0.220. The zero-order chi connectivity index (χ0) is 17.3. The number of ether oxygens (including phenoxy) is 1. The number of aromatic nitrogens is 1. The molecule has 0 saturated carbocycles. The molecule has 0 aliphatic carbocycles. The van der Waals surface area contributed by atoms with Gasteiger partial charge in [0.25, 0.3) is 0 Å². The first-order valence-corrected chi connectivity index (χ1v) is 9.71. The van der Waals surface area contributed by atoms with Crippen LogP contribution in [0, 0.1) is 5.82 Å². The summed E-state index contributed by atoms with van der Waals surface area (Å²) in [7, 11) is -3.74. The zero-order valence-corrected chi connectivity index (χ0v) is 15.5. The van der Waals surface area contributed by atoms with Crippen LogP contribution in [0.1, 0.15) is 6.42 Å². The van der Waals surface area contributed by atoms with E-state index in [1.807, 2.05) is 0 Å². The Morgan fingerprint density at radius 3 is 2.79 bits per heavy atom. The SMILES string of the molecule is O=S(=O)(c1ccc(F)c(Cl)c1)N1CCC(Oc2ccc(Br)cn2)C1. The number of hydrogen-bond donors (Lipinski definition) is 0. The summed E-state index contributed by atoms with van der Waals surface area (Å²) in [4.78, 5) is 4.08. The van der Waals surface area contributed by atoms with Gasteiger partial charge < -0.3 is 4.74 Å². The number of pyridine rings is 1. The van der Waals surface area contributed by atoms with Crippen molar-refractivity contribution in [1.82, 2.24) is 9.29 Å². The maximum Gasteiger partial charge on any atom is 0.243 e. The van der Waals surface area contributed by atoms with Crippen molar-refractivity contribution in [2.24, 2.45) is 0 Å². The molecule has 0 N–H and O–H groups in total. The van der Waals surface area contributed by atoms with Crippen molar-refractivity contribution in [2.45, 2.75) is 17.4 Å². The minimum atomic E-state index is -3.74. The second-order valence-electron chi connectivity index (χ2n) is 5.28. The fourth-order valence-corrected chi connectivity index (χ4v) is 4.39.